The number of phenols is 1. The van der Waals surface area contributed by atoms with Crippen LogP contribution in [0.25, 0.3) is 0 Å². The zero-order valence-corrected chi connectivity index (χ0v) is 10.4. The zero-order chi connectivity index (χ0) is 14.3. The Kier molecular flexibility index (Phi) is 2.93. The molecule has 0 fully saturated rings. The second-order valence-corrected chi connectivity index (χ2v) is 4.56. The molecule has 0 aromatic heterocycles. The first-order chi connectivity index (χ1) is 9.65. The molecule has 0 aliphatic heterocycles. The van der Waals surface area contributed by atoms with Crippen LogP contribution in [0, 0.1) is 0 Å². The summed E-state index contributed by atoms with van der Waals surface area (Å²) in [5.74, 6) is 0.0542. The van der Waals surface area contributed by atoms with Crippen LogP contribution >= 0.6 is 0 Å². The van der Waals surface area contributed by atoms with Crippen molar-refractivity contribution in [3.8, 4) is 11.5 Å². The van der Waals surface area contributed by atoms with E-state index < -0.39 is 12.2 Å². The Morgan fingerprint density at radius 3 is 2.30 bits per heavy atom. The second-order valence-electron chi connectivity index (χ2n) is 4.56. The highest BCUT2D eigenvalue weighted by Gasteiger charge is 2.34. The van der Waals surface area contributed by atoms with E-state index in [4.69, 9.17) is 4.74 Å². The minimum Gasteiger partial charge on any atom is -0.508 e. The lowest BCUT2D eigenvalue weighted by Gasteiger charge is -2.30. The molecule has 5 nitrogen and oxygen atoms in total. The summed E-state index contributed by atoms with van der Waals surface area (Å²) in [5, 5.41) is 30.7. The van der Waals surface area contributed by atoms with Crippen molar-refractivity contribution in [1.29, 1.82) is 0 Å². The molecular weight excluding hydrogens is 260 g/mol. The van der Waals surface area contributed by atoms with E-state index in [1.807, 2.05) is 0 Å². The van der Waals surface area contributed by atoms with Crippen molar-refractivity contribution in [3.05, 3.63) is 58.7 Å². The number of rotatable bonds is 2. The molecule has 3 rings (SSSR count). The number of aliphatic hydroxyl groups is 2. The number of carbonyl (C=O) groups excluding carboxylic acids is 1. The molecule has 1 aliphatic rings. The molecule has 0 saturated heterocycles. The summed E-state index contributed by atoms with van der Waals surface area (Å²) in [5.41, 5.74) is 1.42. The summed E-state index contributed by atoms with van der Waals surface area (Å²) in [4.78, 5) is 10.5. The smallest absolute Gasteiger partial charge is 0.298 e. The Hall–Kier alpha value is -2.37. The van der Waals surface area contributed by atoms with Crippen LogP contribution < -0.4 is 4.74 Å². The molecule has 20 heavy (non-hydrogen) atoms. The van der Waals surface area contributed by atoms with Gasteiger partial charge in [-0.05, 0) is 23.3 Å². The first-order valence-corrected chi connectivity index (χ1v) is 6.06. The number of phenolic OH excluding ortho intramolecular Hbond substituents is 1. The van der Waals surface area contributed by atoms with E-state index in [2.05, 4.69) is 0 Å². The largest absolute Gasteiger partial charge is 0.508 e. The van der Waals surface area contributed by atoms with Crippen molar-refractivity contribution in [2.45, 2.75) is 12.2 Å². The van der Waals surface area contributed by atoms with Crippen molar-refractivity contribution >= 4 is 6.47 Å². The van der Waals surface area contributed by atoms with E-state index in [0.29, 0.717) is 16.7 Å². The topological polar surface area (TPSA) is 87.0 Å². The SMILES string of the molecule is O=COc1cccc2c1C(O)c1c(O)cccc1C2O. The Balaban J connectivity index is 2.27. The minimum absolute atomic E-state index is 0.111. The zero-order valence-electron chi connectivity index (χ0n) is 10.4. The van der Waals surface area contributed by atoms with Gasteiger partial charge in [0.05, 0.1) is 0 Å². The van der Waals surface area contributed by atoms with Gasteiger partial charge in [0, 0.05) is 11.1 Å². The maximum atomic E-state index is 10.5. The lowest BCUT2D eigenvalue weighted by molar-refractivity contribution is -0.120. The normalized spacial score (nSPS) is 19.9. The Morgan fingerprint density at radius 2 is 1.60 bits per heavy atom. The molecule has 2 aromatic rings. The molecular formula is C15H12O5. The van der Waals surface area contributed by atoms with Crippen LogP contribution in [0.1, 0.15) is 34.5 Å². The first-order valence-electron chi connectivity index (χ1n) is 6.06. The highest BCUT2D eigenvalue weighted by Crippen LogP contribution is 2.47. The number of aliphatic hydroxyl groups excluding tert-OH is 2. The number of hydrogen-bond donors (Lipinski definition) is 3. The molecule has 0 bridgehead atoms. The van der Waals surface area contributed by atoms with Crippen LogP contribution in [0.2, 0.25) is 0 Å². The van der Waals surface area contributed by atoms with Crippen LogP contribution in [0.15, 0.2) is 36.4 Å². The average molecular weight is 272 g/mol. The van der Waals surface area contributed by atoms with Gasteiger partial charge < -0.3 is 20.1 Å². The molecule has 102 valence electrons. The summed E-state index contributed by atoms with van der Waals surface area (Å²) < 4.78 is 4.84. The molecule has 0 saturated carbocycles. The lowest BCUT2D eigenvalue weighted by Crippen LogP contribution is -2.19. The van der Waals surface area contributed by atoms with Gasteiger partial charge in [0.15, 0.2) is 0 Å². The van der Waals surface area contributed by atoms with Gasteiger partial charge in [-0.15, -0.1) is 0 Å². The third-order valence-corrected chi connectivity index (χ3v) is 3.53. The molecule has 5 heteroatoms. The molecule has 0 spiro atoms. The van der Waals surface area contributed by atoms with Crippen LogP contribution in [0.4, 0.5) is 0 Å². The van der Waals surface area contributed by atoms with Crippen LogP contribution in [-0.4, -0.2) is 21.8 Å². The number of benzene rings is 2. The molecule has 2 aromatic carbocycles. The number of ether oxygens (including phenoxy) is 1. The van der Waals surface area contributed by atoms with Crippen molar-refractivity contribution in [3.63, 3.8) is 0 Å². The van der Waals surface area contributed by atoms with Crippen LogP contribution in [0.3, 0.4) is 0 Å². The predicted molar refractivity (Wildman–Crippen MR) is 69.4 cm³/mol. The molecule has 0 radical (unpaired) electrons. The van der Waals surface area contributed by atoms with E-state index in [1.54, 1.807) is 24.3 Å². The standard InChI is InChI=1S/C15H12O5/c16-7-20-11-6-2-4-9-13(11)15(19)12-8(14(9)18)3-1-5-10(12)17/h1-7,14-15,17-19H. The van der Waals surface area contributed by atoms with E-state index in [-0.39, 0.29) is 23.5 Å². The number of hydrogen-bond acceptors (Lipinski definition) is 5. The number of fused-ring (bicyclic) bond motifs is 2. The van der Waals surface area contributed by atoms with Gasteiger partial charge in [-0.1, -0.05) is 24.3 Å². The van der Waals surface area contributed by atoms with E-state index >= 15 is 0 Å². The van der Waals surface area contributed by atoms with E-state index in [0.717, 1.165) is 0 Å². The number of carbonyl (C=O) groups is 1. The maximum absolute atomic E-state index is 10.5. The molecule has 3 N–H and O–H groups in total. The summed E-state index contributed by atoms with van der Waals surface area (Å²) >= 11 is 0. The van der Waals surface area contributed by atoms with E-state index in [9.17, 15) is 20.1 Å². The monoisotopic (exact) mass is 272 g/mol. The second kappa shape index (κ2) is 4.63. The van der Waals surface area contributed by atoms with Crippen molar-refractivity contribution < 1.29 is 24.9 Å². The van der Waals surface area contributed by atoms with Gasteiger partial charge in [0.2, 0.25) is 0 Å². The van der Waals surface area contributed by atoms with Gasteiger partial charge in [-0.2, -0.15) is 0 Å². The van der Waals surface area contributed by atoms with Gasteiger partial charge in [-0.25, -0.2) is 0 Å². The average Bonchev–Trinajstić information content (AvgIpc) is 2.45. The first kappa shape index (κ1) is 12.7. The van der Waals surface area contributed by atoms with Gasteiger partial charge in [-0.3, -0.25) is 4.79 Å². The third kappa shape index (κ3) is 1.68. The lowest BCUT2D eigenvalue weighted by atomic mass is 9.81. The third-order valence-electron chi connectivity index (χ3n) is 3.53. The summed E-state index contributed by atoms with van der Waals surface area (Å²) in [6.07, 6.45) is -2.16. The van der Waals surface area contributed by atoms with Crippen LogP contribution in [-0.2, 0) is 4.79 Å². The molecule has 2 unspecified atom stereocenters. The van der Waals surface area contributed by atoms with Crippen molar-refractivity contribution in [2.75, 3.05) is 0 Å². The molecule has 2 atom stereocenters. The fourth-order valence-electron chi connectivity index (χ4n) is 2.67. The Labute approximate surface area is 114 Å². The van der Waals surface area contributed by atoms with Crippen molar-refractivity contribution in [2.24, 2.45) is 0 Å². The summed E-state index contributed by atoms with van der Waals surface area (Å²) in [7, 11) is 0. The fraction of sp³-hybridized carbons (Fsp3) is 0.133. The van der Waals surface area contributed by atoms with E-state index in [1.165, 1.54) is 12.1 Å². The fourth-order valence-corrected chi connectivity index (χ4v) is 2.67. The maximum Gasteiger partial charge on any atom is 0.298 e. The Morgan fingerprint density at radius 1 is 0.950 bits per heavy atom. The predicted octanol–water partition coefficient (Wildman–Crippen LogP) is 1.40. The number of aromatic hydroxyl groups is 1. The van der Waals surface area contributed by atoms with Gasteiger partial charge >= 0.3 is 0 Å². The van der Waals surface area contributed by atoms with Gasteiger partial charge in [0.1, 0.15) is 23.7 Å². The quantitative estimate of drug-likeness (QED) is 0.719. The minimum atomic E-state index is -1.17. The Bertz CT molecular complexity index is 680. The van der Waals surface area contributed by atoms with Gasteiger partial charge in [0.25, 0.3) is 6.47 Å². The van der Waals surface area contributed by atoms with Crippen LogP contribution in [0.5, 0.6) is 11.5 Å². The molecule has 0 heterocycles. The highest BCUT2D eigenvalue weighted by atomic mass is 16.5. The molecule has 0 amide bonds. The van der Waals surface area contributed by atoms with Crippen molar-refractivity contribution in [1.82, 2.24) is 0 Å². The highest BCUT2D eigenvalue weighted by molar-refractivity contribution is 5.60. The summed E-state index contributed by atoms with van der Waals surface area (Å²) in [6, 6.07) is 9.46. The molecule has 1 aliphatic carbocycles. The summed E-state index contributed by atoms with van der Waals surface area (Å²) in [6.45, 7) is 0.259.